The Bertz CT molecular complexity index is 188. The van der Waals surface area contributed by atoms with E-state index in [2.05, 4.69) is 0 Å². The standard InChI is InChI=1S/C7H11BO4/c8-6-4-1-11-3-7(2-9,12-6)5(4)10/h4-6,9-10H,1-3H2/t4-,5?,6?,7?/m0/s1. The van der Waals surface area contributed by atoms with Crippen LogP contribution in [0.15, 0.2) is 0 Å². The van der Waals surface area contributed by atoms with Crippen LogP contribution in [0.2, 0.25) is 0 Å². The second-order valence-corrected chi connectivity index (χ2v) is 3.43. The number of hydrogen-bond donors (Lipinski definition) is 2. The summed E-state index contributed by atoms with van der Waals surface area (Å²) >= 11 is 0. The van der Waals surface area contributed by atoms with Gasteiger partial charge in [0.25, 0.3) is 0 Å². The van der Waals surface area contributed by atoms with Crippen LogP contribution in [0.3, 0.4) is 0 Å². The molecule has 0 aromatic rings. The lowest BCUT2D eigenvalue weighted by atomic mass is 9.81. The second kappa shape index (κ2) is 2.70. The first-order valence-corrected chi connectivity index (χ1v) is 4.00. The van der Waals surface area contributed by atoms with Gasteiger partial charge in [-0.05, 0) is 0 Å². The van der Waals surface area contributed by atoms with Crippen molar-refractivity contribution in [2.24, 2.45) is 5.92 Å². The van der Waals surface area contributed by atoms with Gasteiger partial charge < -0.3 is 19.7 Å². The molecule has 0 amide bonds. The van der Waals surface area contributed by atoms with Crippen molar-refractivity contribution in [3.63, 3.8) is 0 Å². The summed E-state index contributed by atoms with van der Waals surface area (Å²) in [6.07, 6.45) is -0.703. The topological polar surface area (TPSA) is 58.9 Å². The number of hydrogen-bond acceptors (Lipinski definition) is 4. The van der Waals surface area contributed by atoms with Crippen molar-refractivity contribution in [2.75, 3.05) is 19.8 Å². The van der Waals surface area contributed by atoms with Crippen molar-refractivity contribution < 1.29 is 19.7 Å². The molecule has 0 saturated carbocycles. The molecule has 66 valence electrons. The third kappa shape index (κ3) is 0.940. The van der Waals surface area contributed by atoms with Crippen LogP contribution >= 0.6 is 0 Å². The van der Waals surface area contributed by atoms with Crippen molar-refractivity contribution in [1.82, 2.24) is 0 Å². The van der Waals surface area contributed by atoms with E-state index in [4.69, 9.17) is 22.4 Å². The molecule has 0 spiro atoms. The summed E-state index contributed by atoms with van der Waals surface area (Å²) in [5.74, 6) is -0.203. The molecule has 3 unspecified atom stereocenters. The van der Waals surface area contributed by atoms with Crippen LogP contribution in [-0.2, 0) is 9.47 Å². The van der Waals surface area contributed by atoms with E-state index in [9.17, 15) is 5.11 Å². The molecule has 2 N–H and O–H groups in total. The smallest absolute Gasteiger partial charge is 0.140 e. The van der Waals surface area contributed by atoms with Crippen LogP contribution < -0.4 is 0 Å². The molecule has 2 bridgehead atoms. The average molecular weight is 170 g/mol. The summed E-state index contributed by atoms with van der Waals surface area (Å²) in [4.78, 5) is 0. The molecule has 4 atom stereocenters. The Labute approximate surface area is 71.9 Å². The number of fused-ring (bicyclic) bond motifs is 2. The molecule has 0 aromatic heterocycles. The zero-order chi connectivity index (χ0) is 8.77. The molecule has 5 heteroatoms. The summed E-state index contributed by atoms with van der Waals surface area (Å²) in [5.41, 5.74) is -0.970. The minimum absolute atomic E-state index is 0.203. The van der Waals surface area contributed by atoms with E-state index >= 15 is 0 Å². The van der Waals surface area contributed by atoms with E-state index in [0.29, 0.717) is 6.61 Å². The first kappa shape index (κ1) is 8.50. The predicted octanol–water partition coefficient (Wildman–Crippen LogP) is -1.75. The monoisotopic (exact) mass is 170 g/mol. The highest BCUT2D eigenvalue weighted by Gasteiger charge is 2.55. The number of ether oxygens (including phenoxy) is 2. The Balaban J connectivity index is 2.24. The van der Waals surface area contributed by atoms with Gasteiger partial charge in [0.15, 0.2) is 0 Å². The lowest BCUT2D eigenvalue weighted by molar-refractivity contribution is -0.153. The van der Waals surface area contributed by atoms with E-state index in [0.717, 1.165) is 0 Å². The molecule has 2 fully saturated rings. The fraction of sp³-hybridized carbons (Fsp3) is 1.00. The molecular weight excluding hydrogens is 159 g/mol. The molecule has 2 aliphatic heterocycles. The van der Waals surface area contributed by atoms with Gasteiger partial charge in [0.1, 0.15) is 13.4 Å². The first-order chi connectivity index (χ1) is 5.69. The van der Waals surface area contributed by atoms with Gasteiger partial charge in [-0.2, -0.15) is 0 Å². The summed E-state index contributed by atoms with van der Waals surface area (Å²) < 4.78 is 10.5. The van der Waals surface area contributed by atoms with Gasteiger partial charge >= 0.3 is 0 Å². The average Bonchev–Trinajstić information content (AvgIpc) is 2.23. The summed E-state index contributed by atoms with van der Waals surface area (Å²) in [5, 5.41) is 18.7. The minimum Gasteiger partial charge on any atom is -0.393 e. The largest absolute Gasteiger partial charge is 0.393 e. The maximum absolute atomic E-state index is 9.68. The Hall–Kier alpha value is -0.0951. The maximum atomic E-state index is 9.68. The highest BCUT2D eigenvalue weighted by molar-refractivity contribution is 6.11. The van der Waals surface area contributed by atoms with Gasteiger partial charge in [-0.25, -0.2) is 0 Å². The van der Waals surface area contributed by atoms with Gasteiger partial charge in [-0.15, -0.1) is 0 Å². The Kier molecular flexibility index (Phi) is 1.91. The molecule has 4 nitrogen and oxygen atoms in total. The van der Waals surface area contributed by atoms with E-state index in [1.54, 1.807) is 0 Å². The van der Waals surface area contributed by atoms with Crippen molar-refractivity contribution in [3.05, 3.63) is 0 Å². The lowest BCUT2D eigenvalue weighted by Gasteiger charge is -2.34. The summed E-state index contributed by atoms with van der Waals surface area (Å²) in [7, 11) is 5.60. The zero-order valence-corrected chi connectivity index (χ0v) is 6.64. The van der Waals surface area contributed by atoms with E-state index in [1.165, 1.54) is 0 Å². The van der Waals surface area contributed by atoms with Gasteiger partial charge in [0, 0.05) is 11.9 Å². The van der Waals surface area contributed by atoms with Gasteiger partial charge in [-0.3, -0.25) is 0 Å². The SMILES string of the molecule is [B]C1OC2(CO)COC[C@H]1C2O. The molecule has 2 radical (unpaired) electrons. The fourth-order valence-corrected chi connectivity index (χ4v) is 1.85. The normalized spacial score (nSPS) is 52.7. The van der Waals surface area contributed by atoms with Crippen LogP contribution in [0.4, 0.5) is 0 Å². The molecule has 0 aromatic carbocycles. The Morgan fingerprint density at radius 1 is 1.58 bits per heavy atom. The summed E-state index contributed by atoms with van der Waals surface area (Å²) in [6.45, 7) is 0.372. The van der Waals surface area contributed by atoms with E-state index in [1.807, 2.05) is 0 Å². The minimum atomic E-state index is -0.970. The van der Waals surface area contributed by atoms with Crippen molar-refractivity contribution in [2.45, 2.75) is 17.7 Å². The van der Waals surface area contributed by atoms with E-state index < -0.39 is 17.7 Å². The number of aliphatic hydroxyl groups is 2. The molecule has 2 rings (SSSR count). The van der Waals surface area contributed by atoms with Crippen LogP contribution in [0.1, 0.15) is 0 Å². The second-order valence-electron chi connectivity index (χ2n) is 3.43. The predicted molar refractivity (Wildman–Crippen MR) is 40.8 cm³/mol. The van der Waals surface area contributed by atoms with Crippen LogP contribution in [0.5, 0.6) is 0 Å². The molecular formula is C7H11BO4. The van der Waals surface area contributed by atoms with Gasteiger partial charge in [0.2, 0.25) is 0 Å². The highest BCUT2D eigenvalue weighted by atomic mass is 16.6. The first-order valence-electron chi connectivity index (χ1n) is 4.00. The van der Waals surface area contributed by atoms with Crippen LogP contribution in [-0.4, -0.2) is 55.6 Å². The van der Waals surface area contributed by atoms with Gasteiger partial charge in [0.05, 0.1) is 25.9 Å². The Morgan fingerprint density at radius 2 is 2.33 bits per heavy atom. The fourth-order valence-electron chi connectivity index (χ4n) is 1.85. The molecule has 12 heavy (non-hydrogen) atoms. The summed E-state index contributed by atoms with van der Waals surface area (Å²) in [6, 6.07) is -0.519. The van der Waals surface area contributed by atoms with Gasteiger partial charge in [-0.1, -0.05) is 0 Å². The maximum Gasteiger partial charge on any atom is 0.140 e. The van der Waals surface area contributed by atoms with Crippen LogP contribution in [0.25, 0.3) is 0 Å². The number of rotatable bonds is 1. The van der Waals surface area contributed by atoms with Crippen molar-refractivity contribution in [3.8, 4) is 0 Å². The van der Waals surface area contributed by atoms with Crippen molar-refractivity contribution >= 4 is 7.85 Å². The molecule has 2 heterocycles. The highest BCUT2D eigenvalue weighted by Crippen LogP contribution is 2.38. The third-order valence-electron chi connectivity index (χ3n) is 2.66. The Morgan fingerprint density at radius 3 is 2.92 bits per heavy atom. The quantitative estimate of drug-likeness (QED) is 0.458. The third-order valence-corrected chi connectivity index (χ3v) is 2.66. The van der Waals surface area contributed by atoms with Crippen LogP contribution in [0, 0.1) is 5.92 Å². The van der Waals surface area contributed by atoms with Crippen molar-refractivity contribution in [1.29, 1.82) is 0 Å². The zero-order valence-electron chi connectivity index (χ0n) is 6.64. The van der Waals surface area contributed by atoms with E-state index in [-0.39, 0.29) is 19.1 Å². The number of aliphatic hydroxyl groups excluding tert-OH is 2. The lowest BCUT2D eigenvalue weighted by Crippen LogP contribution is -2.52. The molecule has 2 saturated heterocycles. The molecule has 2 aliphatic rings. The molecule has 0 aliphatic carbocycles.